The van der Waals surface area contributed by atoms with Gasteiger partial charge in [0.2, 0.25) is 5.91 Å². The number of hydrogen-bond acceptors (Lipinski definition) is 2. The Morgan fingerprint density at radius 3 is 2.50 bits per heavy atom. The van der Waals surface area contributed by atoms with Gasteiger partial charge in [-0.1, -0.05) is 18.2 Å². The molecule has 1 aromatic rings. The summed E-state index contributed by atoms with van der Waals surface area (Å²) < 4.78 is 0. The minimum absolute atomic E-state index is 0.0285. The van der Waals surface area contributed by atoms with Crippen LogP contribution in [0.4, 0.5) is 10.5 Å². The molecule has 3 amide bonds. The lowest BCUT2D eigenvalue weighted by Crippen LogP contribution is -2.48. The average Bonchev–Trinajstić information content (AvgIpc) is 3.10. The smallest absolute Gasteiger partial charge is 0.325 e. The molecule has 2 aliphatic rings. The van der Waals surface area contributed by atoms with E-state index in [9.17, 15) is 9.59 Å². The number of anilines is 1. The number of fused-ring (bicyclic) bond motifs is 1. The molecule has 2 saturated heterocycles. The molecule has 0 spiro atoms. The SMILES string of the molecule is CCN(CC)C(=O)[C@H]1CC[C@@H]2CN(c3ccccc3)C(=O)N21. The lowest BCUT2D eigenvalue weighted by molar-refractivity contribution is -0.134. The first kappa shape index (κ1) is 14.9. The van der Waals surface area contributed by atoms with Crippen LogP contribution in [0.5, 0.6) is 0 Å². The number of nitrogens with zero attached hydrogens (tertiary/aromatic N) is 3. The van der Waals surface area contributed by atoms with Crippen molar-refractivity contribution >= 4 is 17.6 Å². The van der Waals surface area contributed by atoms with E-state index in [0.717, 1.165) is 18.5 Å². The zero-order valence-electron chi connectivity index (χ0n) is 13.2. The zero-order valence-corrected chi connectivity index (χ0v) is 13.2. The first-order valence-electron chi connectivity index (χ1n) is 8.11. The van der Waals surface area contributed by atoms with E-state index in [1.807, 2.05) is 54.0 Å². The molecule has 1 aromatic carbocycles. The summed E-state index contributed by atoms with van der Waals surface area (Å²) in [6.45, 7) is 6.04. The van der Waals surface area contributed by atoms with Gasteiger partial charge in [-0.2, -0.15) is 0 Å². The summed E-state index contributed by atoms with van der Waals surface area (Å²) in [5.41, 5.74) is 0.913. The molecule has 5 nitrogen and oxygen atoms in total. The topological polar surface area (TPSA) is 43.9 Å². The fourth-order valence-corrected chi connectivity index (χ4v) is 3.59. The largest absolute Gasteiger partial charge is 0.341 e. The minimum atomic E-state index is -0.286. The number of urea groups is 1. The van der Waals surface area contributed by atoms with Gasteiger partial charge in [-0.05, 0) is 38.8 Å². The maximum atomic E-state index is 12.8. The van der Waals surface area contributed by atoms with Crippen molar-refractivity contribution in [3.05, 3.63) is 30.3 Å². The molecule has 0 radical (unpaired) electrons. The molecule has 2 fully saturated rings. The van der Waals surface area contributed by atoms with Crippen LogP contribution in [0.25, 0.3) is 0 Å². The van der Waals surface area contributed by atoms with Crippen LogP contribution in [0.1, 0.15) is 26.7 Å². The number of carbonyl (C=O) groups is 2. The van der Waals surface area contributed by atoms with Crippen LogP contribution in [0.2, 0.25) is 0 Å². The molecule has 0 bridgehead atoms. The Labute approximate surface area is 131 Å². The van der Waals surface area contributed by atoms with E-state index in [1.54, 1.807) is 4.90 Å². The van der Waals surface area contributed by atoms with Gasteiger partial charge in [-0.25, -0.2) is 4.79 Å². The van der Waals surface area contributed by atoms with Crippen molar-refractivity contribution in [2.45, 2.75) is 38.8 Å². The third-order valence-corrected chi connectivity index (χ3v) is 4.78. The van der Waals surface area contributed by atoms with Gasteiger partial charge in [0.25, 0.3) is 0 Å². The maximum Gasteiger partial charge on any atom is 0.325 e. The number of para-hydroxylation sites is 1. The van der Waals surface area contributed by atoms with Crippen LogP contribution in [0.3, 0.4) is 0 Å². The second kappa shape index (κ2) is 5.99. The van der Waals surface area contributed by atoms with Crippen molar-refractivity contribution in [1.29, 1.82) is 0 Å². The Morgan fingerprint density at radius 2 is 1.86 bits per heavy atom. The average molecular weight is 301 g/mol. The van der Waals surface area contributed by atoms with Gasteiger partial charge in [0, 0.05) is 25.3 Å². The molecule has 0 saturated carbocycles. The molecule has 5 heteroatoms. The monoisotopic (exact) mass is 301 g/mol. The van der Waals surface area contributed by atoms with Crippen molar-refractivity contribution < 1.29 is 9.59 Å². The van der Waals surface area contributed by atoms with Crippen LogP contribution in [-0.2, 0) is 4.79 Å². The van der Waals surface area contributed by atoms with E-state index in [0.29, 0.717) is 19.6 Å². The predicted octanol–water partition coefficient (Wildman–Crippen LogP) is 2.33. The van der Waals surface area contributed by atoms with Crippen LogP contribution < -0.4 is 4.90 Å². The number of hydrogen-bond donors (Lipinski definition) is 0. The second-order valence-electron chi connectivity index (χ2n) is 5.89. The molecule has 2 atom stereocenters. The minimum Gasteiger partial charge on any atom is -0.341 e. The summed E-state index contributed by atoms with van der Waals surface area (Å²) in [5, 5.41) is 0. The van der Waals surface area contributed by atoms with Crippen molar-refractivity contribution in [2.24, 2.45) is 0 Å². The molecule has 22 heavy (non-hydrogen) atoms. The molecule has 0 N–H and O–H groups in total. The summed E-state index contributed by atoms with van der Waals surface area (Å²) in [4.78, 5) is 30.9. The number of rotatable bonds is 4. The van der Waals surface area contributed by atoms with Gasteiger partial charge < -0.3 is 9.80 Å². The number of amides is 3. The van der Waals surface area contributed by atoms with Crippen LogP contribution >= 0.6 is 0 Å². The Bertz CT molecular complexity index is 556. The summed E-state index contributed by atoms with van der Waals surface area (Å²) in [7, 11) is 0. The Hall–Kier alpha value is -2.04. The van der Waals surface area contributed by atoms with Crippen molar-refractivity contribution in [1.82, 2.24) is 9.80 Å². The summed E-state index contributed by atoms with van der Waals surface area (Å²) in [6.07, 6.45) is 1.70. The van der Waals surface area contributed by atoms with Gasteiger partial charge >= 0.3 is 6.03 Å². The Balaban J connectivity index is 1.80. The molecule has 118 valence electrons. The van der Waals surface area contributed by atoms with E-state index < -0.39 is 0 Å². The van der Waals surface area contributed by atoms with E-state index in [2.05, 4.69) is 0 Å². The van der Waals surface area contributed by atoms with Crippen LogP contribution in [0, 0.1) is 0 Å². The molecule has 3 rings (SSSR count). The summed E-state index contributed by atoms with van der Waals surface area (Å²) in [5.74, 6) is 0.0933. The third-order valence-electron chi connectivity index (χ3n) is 4.78. The summed E-state index contributed by atoms with van der Waals surface area (Å²) in [6, 6.07) is 9.55. The lowest BCUT2D eigenvalue weighted by atomic mass is 10.1. The molecular formula is C17H23N3O2. The first-order valence-corrected chi connectivity index (χ1v) is 8.11. The molecule has 0 unspecified atom stereocenters. The lowest BCUT2D eigenvalue weighted by Gasteiger charge is -2.28. The van der Waals surface area contributed by atoms with Crippen molar-refractivity contribution in [3.8, 4) is 0 Å². The highest BCUT2D eigenvalue weighted by molar-refractivity contribution is 5.98. The van der Waals surface area contributed by atoms with Crippen molar-refractivity contribution in [2.75, 3.05) is 24.5 Å². The van der Waals surface area contributed by atoms with E-state index in [-0.39, 0.29) is 24.0 Å². The Morgan fingerprint density at radius 1 is 1.18 bits per heavy atom. The quantitative estimate of drug-likeness (QED) is 0.856. The Kier molecular flexibility index (Phi) is 4.05. The highest BCUT2D eigenvalue weighted by Crippen LogP contribution is 2.34. The molecule has 2 aliphatic heterocycles. The standard InChI is InChI=1S/C17H23N3O2/c1-3-18(4-2)16(21)15-11-10-14-12-19(17(22)20(14)15)13-8-6-5-7-9-13/h5-9,14-15H,3-4,10-12H2,1-2H3/t14-,15-/m1/s1. The van der Waals surface area contributed by atoms with Crippen LogP contribution in [-0.4, -0.2) is 53.5 Å². The van der Waals surface area contributed by atoms with E-state index >= 15 is 0 Å². The highest BCUT2D eigenvalue weighted by Gasteiger charge is 2.49. The fourth-order valence-electron chi connectivity index (χ4n) is 3.59. The van der Waals surface area contributed by atoms with Gasteiger partial charge in [-0.3, -0.25) is 9.69 Å². The van der Waals surface area contributed by atoms with E-state index in [4.69, 9.17) is 0 Å². The molecule has 2 heterocycles. The molecular weight excluding hydrogens is 278 g/mol. The predicted molar refractivity (Wildman–Crippen MR) is 85.8 cm³/mol. The number of likely N-dealkylation sites (N-methyl/N-ethyl adjacent to an activating group) is 1. The number of carbonyl (C=O) groups excluding carboxylic acids is 2. The molecule has 0 aromatic heterocycles. The normalized spacial score (nSPS) is 23.8. The van der Waals surface area contributed by atoms with Gasteiger partial charge in [0.15, 0.2) is 0 Å². The highest BCUT2D eigenvalue weighted by atomic mass is 16.2. The molecule has 0 aliphatic carbocycles. The van der Waals surface area contributed by atoms with E-state index in [1.165, 1.54) is 0 Å². The van der Waals surface area contributed by atoms with Crippen molar-refractivity contribution in [3.63, 3.8) is 0 Å². The summed E-state index contributed by atoms with van der Waals surface area (Å²) >= 11 is 0. The first-order chi connectivity index (χ1) is 10.7. The van der Waals surface area contributed by atoms with Crippen LogP contribution in [0.15, 0.2) is 30.3 Å². The van der Waals surface area contributed by atoms with Gasteiger partial charge in [0.05, 0.1) is 6.04 Å². The number of benzene rings is 1. The zero-order chi connectivity index (χ0) is 15.7. The second-order valence-corrected chi connectivity index (χ2v) is 5.89. The van der Waals surface area contributed by atoms with Gasteiger partial charge in [-0.15, -0.1) is 0 Å². The third kappa shape index (κ3) is 2.34. The van der Waals surface area contributed by atoms with Gasteiger partial charge in [0.1, 0.15) is 6.04 Å². The fraction of sp³-hybridized carbons (Fsp3) is 0.529. The maximum absolute atomic E-state index is 12.8.